The number of nitrogens with one attached hydrogen (secondary N) is 1. The van der Waals surface area contributed by atoms with Gasteiger partial charge in [0.1, 0.15) is 0 Å². The van der Waals surface area contributed by atoms with Gasteiger partial charge in [-0.2, -0.15) is 5.10 Å². The molecule has 88 valence electrons. The number of hydrogen-bond acceptors (Lipinski definition) is 2. The van der Waals surface area contributed by atoms with Crippen LogP contribution in [0.5, 0.6) is 0 Å². The van der Waals surface area contributed by atoms with Crippen LogP contribution in [-0.4, -0.2) is 21.3 Å². The maximum absolute atomic E-state index is 10.8. The van der Waals surface area contributed by atoms with Crippen molar-refractivity contribution in [2.24, 2.45) is 0 Å². The number of nitrogens with zero attached hydrogens (tertiary/aromatic N) is 1. The Morgan fingerprint density at radius 2 is 2.19 bits per heavy atom. The van der Waals surface area contributed by atoms with Gasteiger partial charge in [-0.3, -0.25) is 9.89 Å². The summed E-state index contributed by atoms with van der Waals surface area (Å²) in [4.78, 5) is 10.8. The molecular formula is C12H18N2O2. The van der Waals surface area contributed by atoms with Gasteiger partial charge in [0, 0.05) is 11.6 Å². The topological polar surface area (TPSA) is 66.0 Å². The molecule has 0 amide bonds. The summed E-state index contributed by atoms with van der Waals surface area (Å²) in [5, 5.41) is 16.0. The van der Waals surface area contributed by atoms with Crippen molar-refractivity contribution in [2.45, 2.75) is 50.9 Å². The summed E-state index contributed by atoms with van der Waals surface area (Å²) < 4.78 is 0. The molecule has 1 fully saturated rings. The van der Waals surface area contributed by atoms with Gasteiger partial charge in [0.25, 0.3) is 0 Å². The normalized spacial score (nSPS) is 19.6. The van der Waals surface area contributed by atoms with Crippen LogP contribution in [-0.2, 0) is 4.79 Å². The van der Waals surface area contributed by atoms with E-state index in [0.29, 0.717) is 11.6 Å². The lowest BCUT2D eigenvalue weighted by Crippen LogP contribution is -2.07. The fraction of sp³-hybridized carbons (Fsp3) is 0.667. The second-order valence-electron chi connectivity index (χ2n) is 4.64. The number of aromatic amines is 1. The molecule has 4 heteroatoms. The Morgan fingerprint density at radius 1 is 1.50 bits per heavy atom. The van der Waals surface area contributed by atoms with Crippen LogP contribution in [0.2, 0.25) is 0 Å². The lowest BCUT2D eigenvalue weighted by molar-refractivity contribution is -0.138. The van der Waals surface area contributed by atoms with Crippen LogP contribution in [0.1, 0.15) is 62.3 Å². The molecule has 4 nitrogen and oxygen atoms in total. The van der Waals surface area contributed by atoms with Gasteiger partial charge in [0.2, 0.25) is 0 Å². The molecule has 0 aliphatic heterocycles. The number of hydrogen-bond donors (Lipinski definition) is 2. The Kier molecular flexibility index (Phi) is 3.27. The molecule has 1 saturated carbocycles. The molecule has 0 bridgehead atoms. The Bertz CT molecular complexity index is 367. The van der Waals surface area contributed by atoms with Crippen molar-refractivity contribution in [2.75, 3.05) is 0 Å². The molecule has 2 N–H and O–H groups in total. The molecule has 0 saturated heterocycles. The zero-order valence-electron chi connectivity index (χ0n) is 9.57. The molecule has 1 aromatic heterocycles. The predicted molar refractivity (Wildman–Crippen MR) is 60.5 cm³/mol. The smallest absolute Gasteiger partial charge is 0.312 e. The molecular weight excluding hydrogens is 204 g/mol. The molecule has 16 heavy (non-hydrogen) atoms. The van der Waals surface area contributed by atoms with Crippen molar-refractivity contribution in [1.29, 1.82) is 0 Å². The minimum absolute atomic E-state index is 0.520. The third-order valence-electron chi connectivity index (χ3n) is 3.48. The average Bonchev–Trinajstić information content (AvgIpc) is 2.78. The fourth-order valence-corrected chi connectivity index (χ4v) is 2.32. The maximum Gasteiger partial charge on any atom is 0.312 e. The van der Waals surface area contributed by atoms with Crippen LogP contribution in [0.4, 0.5) is 0 Å². The van der Waals surface area contributed by atoms with Gasteiger partial charge < -0.3 is 5.11 Å². The van der Waals surface area contributed by atoms with Crippen molar-refractivity contribution in [3.05, 3.63) is 17.5 Å². The third kappa shape index (κ3) is 2.26. The molecule has 1 aliphatic carbocycles. The van der Waals surface area contributed by atoms with E-state index in [2.05, 4.69) is 10.2 Å². The summed E-state index contributed by atoms with van der Waals surface area (Å²) in [6.45, 7) is 1.67. The first kappa shape index (κ1) is 11.2. The van der Waals surface area contributed by atoms with Crippen molar-refractivity contribution in [1.82, 2.24) is 10.2 Å². The van der Waals surface area contributed by atoms with Crippen molar-refractivity contribution < 1.29 is 9.90 Å². The summed E-state index contributed by atoms with van der Waals surface area (Å²) in [6.07, 6.45) is 6.26. The highest BCUT2D eigenvalue weighted by Gasteiger charge is 2.21. The fourth-order valence-electron chi connectivity index (χ4n) is 2.32. The van der Waals surface area contributed by atoms with E-state index in [-0.39, 0.29) is 0 Å². The van der Waals surface area contributed by atoms with Crippen molar-refractivity contribution in [3.63, 3.8) is 0 Å². The molecule has 2 rings (SSSR count). The number of carboxylic acid groups (broad SMARTS) is 1. The van der Waals surface area contributed by atoms with Crippen molar-refractivity contribution >= 4 is 5.97 Å². The summed E-state index contributed by atoms with van der Waals surface area (Å²) >= 11 is 0. The summed E-state index contributed by atoms with van der Waals surface area (Å²) in [5.74, 6) is -0.786. The quantitative estimate of drug-likeness (QED) is 0.826. The Hall–Kier alpha value is -1.32. The van der Waals surface area contributed by atoms with Crippen LogP contribution in [0.25, 0.3) is 0 Å². The first-order valence-electron chi connectivity index (χ1n) is 5.96. The molecule has 1 atom stereocenters. The average molecular weight is 222 g/mol. The van der Waals surface area contributed by atoms with E-state index in [1.165, 1.54) is 32.1 Å². The lowest BCUT2D eigenvalue weighted by atomic mass is 9.87. The second-order valence-corrected chi connectivity index (χ2v) is 4.64. The van der Waals surface area contributed by atoms with E-state index in [1.807, 2.05) is 6.07 Å². The minimum Gasteiger partial charge on any atom is -0.481 e. The number of H-pyrrole nitrogens is 1. The van der Waals surface area contributed by atoms with E-state index in [4.69, 9.17) is 5.11 Å². The zero-order chi connectivity index (χ0) is 11.5. The molecule has 0 aromatic carbocycles. The first-order chi connectivity index (χ1) is 7.68. The summed E-state index contributed by atoms with van der Waals surface area (Å²) in [5.41, 5.74) is 1.76. The molecule has 1 unspecified atom stereocenters. The summed E-state index contributed by atoms with van der Waals surface area (Å²) in [7, 11) is 0. The van der Waals surface area contributed by atoms with E-state index in [1.54, 1.807) is 6.92 Å². The zero-order valence-corrected chi connectivity index (χ0v) is 9.57. The number of carboxylic acids is 1. The summed E-state index contributed by atoms with van der Waals surface area (Å²) in [6, 6.07) is 1.93. The second kappa shape index (κ2) is 4.68. The van der Waals surface area contributed by atoms with Crippen LogP contribution < -0.4 is 0 Å². The molecule has 1 aliphatic rings. The number of aromatic nitrogens is 2. The molecule has 1 aromatic rings. The van der Waals surface area contributed by atoms with E-state index in [9.17, 15) is 4.79 Å². The largest absolute Gasteiger partial charge is 0.481 e. The Balaban J connectivity index is 2.09. The minimum atomic E-state index is -0.818. The standard InChI is InChI=1S/C12H18N2O2/c1-8(12(15)16)10-7-11(14-13-10)9-5-3-2-4-6-9/h7-9H,2-6H2,1H3,(H,13,14)(H,15,16). The van der Waals surface area contributed by atoms with E-state index >= 15 is 0 Å². The molecule has 0 radical (unpaired) electrons. The Morgan fingerprint density at radius 3 is 2.81 bits per heavy atom. The molecule has 0 spiro atoms. The Labute approximate surface area is 95.1 Å². The number of carbonyl (C=O) groups is 1. The van der Waals surface area contributed by atoms with Gasteiger partial charge >= 0.3 is 5.97 Å². The van der Waals surface area contributed by atoms with Gasteiger partial charge in [0.05, 0.1) is 11.6 Å². The predicted octanol–water partition coefficient (Wildman–Crippen LogP) is 2.65. The highest BCUT2D eigenvalue weighted by molar-refractivity contribution is 5.74. The number of rotatable bonds is 3. The number of aliphatic carboxylic acids is 1. The van der Waals surface area contributed by atoms with Crippen LogP contribution in [0, 0.1) is 0 Å². The third-order valence-corrected chi connectivity index (χ3v) is 3.48. The highest BCUT2D eigenvalue weighted by Crippen LogP contribution is 2.32. The van der Waals surface area contributed by atoms with Gasteiger partial charge in [-0.15, -0.1) is 0 Å². The lowest BCUT2D eigenvalue weighted by Gasteiger charge is -2.19. The van der Waals surface area contributed by atoms with E-state index in [0.717, 1.165) is 5.69 Å². The highest BCUT2D eigenvalue weighted by atomic mass is 16.4. The maximum atomic E-state index is 10.8. The van der Waals surface area contributed by atoms with Gasteiger partial charge in [0.15, 0.2) is 0 Å². The van der Waals surface area contributed by atoms with Crippen LogP contribution in [0.3, 0.4) is 0 Å². The van der Waals surface area contributed by atoms with Crippen LogP contribution >= 0.6 is 0 Å². The van der Waals surface area contributed by atoms with Gasteiger partial charge in [-0.25, -0.2) is 0 Å². The van der Waals surface area contributed by atoms with E-state index < -0.39 is 11.9 Å². The first-order valence-corrected chi connectivity index (χ1v) is 5.96. The molecule has 1 heterocycles. The van der Waals surface area contributed by atoms with Crippen molar-refractivity contribution in [3.8, 4) is 0 Å². The van der Waals surface area contributed by atoms with Crippen LogP contribution in [0.15, 0.2) is 6.07 Å². The SMILES string of the molecule is CC(C(=O)O)c1cc(C2CCCCC2)[nH]n1. The monoisotopic (exact) mass is 222 g/mol. The van der Waals surface area contributed by atoms with Gasteiger partial charge in [-0.05, 0) is 25.8 Å². The van der Waals surface area contributed by atoms with Gasteiger partial charge in [-0.1, -0.05) is 19.3 Å².